The summed E-state index contributed by atoms with van der Waals surface area (Å²) in [5.41, 5.74) is 3.93. The molecule has 7 heteroatoms. The molecule has 1 aromatic carbocycles. The lowest BCUT2D eigenvalue weighted by molar-refractivity contribution is -0.137. The Balaban J connectivity index is 1.71. The quantitative estimate of drug-likeness (QED) is 0.812. The van der Waals surface area contributed by atoms with Gasteiger partial charge in [-0.15, -0.1) is 0 Å². The first-order valence-electron chi connectivity index (χ1n) is 7.85. The molecule has 128 valence electrons. The van der Waals surface area contributed by atoms with Crippen LogP contribution >= 0.6 is 11.6 Å². The van der Waals surface area contributed by atoms with E-state index in [2.05, 4.69) is 10.2 Å². The maximum Gasteiger partial charge on any atom is 0.248 e. The van der Waals surface area contributed by atoms with E-state index in [1.54, 1.807) is 12.0 Å². The molecule has 1 amide bonds. The van der Waals surface area contributed by atoms with Gasteiger partial charge in [-0.05, 0) is 12.1 Å². The fourth-order valence-electron chi connectivity index (χ4n) is 2.78. The molecule has 0 aliphatic carbocycles. The molecule has 1 N–H and O–H groups in total. The van der Waals surface area contributed by atoms with E-state index < -0.39 is 0 Å². The number of halogens is 1. The van der Waals surface area contributed by atoms with Crippen molar-refractivity contribution < 1.29 is 14.3 Å². The second-order valence-electron chi connectivity index (χ2n) is 5.65. The van der Waals surface area contributed by atoms with Crippen molar-refractivity contribution in [2.75, 3.05) is 33.5 Å². The predicted octanol–water partition coefficient (Wildman–Crippen LogP) is 2.28. The van der Waals surface area contributed by atoms with Crippen molar-refractivity contribution in [2.24, 2.45) is 0 Å². The smallest absolute Gasteiger partial charge is 0.248 e. The number of hydrogen-bond donors (Lipinski definition) is 1. The molecule has 3 rings (SSSR count). The van der Waals surface area contributed by atoms with Gasteiger partial charge in [0.05, 0.1) is 18.9 Å². The van der Waals surface area contributed by atoms with Gasteiger partial charge in [0, 0.05) is 48.5 Å². The summed E-state index contributed by atoms with van der Waals surface area (Å²) in [7, 11) is 1.60. The summed E-state index contributed by atoms with van der Waals surface area (Å²) in [6, 6.07) is 7.58. The number of aromatic amines is 1. The summed E-state index contributed by atoms with van der Waals surface area (Å²) in [4.78, 5) is 14.1. The van der Waals surface area contributed by atoms with Crippen molar-refractivity contribution in [1.82, 2.24) is 15.1 Å². The van der Waals surface area contributed by atoms with E-state index in [1.807, 2.05) is 24.3 Å². The van der Waals surface area contributed by atoms with Crippen LogP contribution in [0, 0.1) is 0 Å². The summed E-state index contributed by atoms with van der Waals surface area (Å²) in [6.45, 7) is 2.17. The Labute approximate surface area is 145 Å². The molecule has 0 unspecified atom stereocenters. The topological polar surface area (TPSA) is 67.5 Å². The van der Waals surface area contributed by atoms with Gasteiger partial charge < -0.3 is 14.4 Å². The van der Waals surface area contributed by atoms with Crippen LogP contribution in [0.1, 0.15) is 11.3 Å². The zero-order valence-corrected chi connectivity index (χ0v) is 14.3. The minimum Gasteiger partial charge on any atom is -0.382 e. The van der Waals surface area contributed by atoms with Crippen LogP contribution in [0.5, 0.6) is 0 Å². The average molecular weight is 350 g/mol. The number of carbonyl (C=O) groups excluding carboxylic acids is 1. The molecule has 1 aliphatic rings. The number of nitrogens with one attached hydrogen (secondary N) is 1. The van der Waals surface area contributed by atoms with Gasteiger partial charge in [-0.25, -0.2) is 0 Å². The molecule has 2 heterocycles. The van der Waals surface area contributed by atoms with Crippen LogP contribution in [0.4, 0.5) is 0 Å². The molecule has 0 saturated carbocycles. The van der Waals surface area contributed by atoms with Crippen LogP contribution in [0.3, 0.4) is 0 Å². The highest BCUT2D eigenvalue weighted by molar-refractivity contribution is 6.30. The maximum absolute atomic E-state index is 12.3. The zero-order valence-electron chi connectivity index (χ0n) is 13.5. The molecule has 0 atom stereocenters. The maximum atomic E-state index is 12.3. The Morgan fingerprint density at radius 2 is 2.29 bits per heavy atom. The number of methoxy groups -OCH3 is 1. The Kier molecular flexibility index (Phi) is 5.50. The number of aromatic nitrogens is 2. The highest BCUT2D eigenvalue weighted by atomic mass is 35.5. The number of benzene rings is 1. The molecule has 1 aromatic heterocycles. The molecular weight excluding hydrogens is 330 g/mol. The molecule has 0 radical (unpaired) electrons. The van der Waals surface area contributed by atoms with Crippen molar-refractivity contribution in [2.45, 2.75) is 13.0 Å². The highest BCUT2D eigenvalue weighted by Crippen LogP contribution is 2.29. The second kappa shape index (κ2) is 7.79. The first kappa shape index (κ1) is 17.0. The third-order valence-electron chi connectivity index (χ3n) is 4.04. The van der Waals surface area contributed by atoms with E-state index >= 15 is 0 Å². The van der Waals surface area contributed by atoms with Gasteiger partial charge in [0.1, 0.15) is 6.61 Å². The van der Waals surface area contributed by atoms with Crippen LogP contribution in [-0.4, -0.2) is 54.5 Å². The lowest BCUT2D eigenvalue weighted by Gasteiger charge is -2.27. The molecule has 6 nitrogen and oxygen atoms in total. The first-order chi connectivity index (χ1) is 11.7. The summed E-state index contributed by atoms with van der Waals surface area (Å²) in [5, 5.41) is 8.17. The highest BCUT2D eigenvalue weighted by Gasteiger charge is 2.25. The SMILES string of the molecule is COCCOCC(=O)N1CCc2[nH]nc(-c3cccc(Cl)c3)c2C1. The van der Waals surface area contributed by atoms with Gasteiger partial charge in [-0.2, -0.15) is 5.10 Å². The van der Waals surface area contributed by atoms with Crippen LogP contribution in [0.25, 0.3) is 11.3 Å². The summed E-state index contributed by atoms with van der Waals surface area (Å²) >= 11 is 6.08. The summed E-state index contributed by atoms with van der Waals surface area (Å²) in [6.07, 6.45) is 0.757. The predicted molar refractivity (Wildman–Crippen MR) is 90.8 cm³/mol. The van der Waals surface area contributed by atoms with Gasteiger partial charge in [-0.1, -0.05) is 23.7 Å². The largest absolute Gasteiger partial charge is 0.382 e. The lowest BCUT2D eigenvalue weighted by Crippen LogP contribution is -2.38. The van der Waals surface area contributed by atoms with Gasteiger partial charge in [0.25, 0.3) is 0 Å². The van der Waals surface area contributed by atoms with E-state index in [0.29, 0.717) is 31.3 Å². The molecular formula is C17H20ClN3O3. The van der Waals surface area contributed by atoms with Gasteiger partial charge in [-0.3, -0.25) is 9.89 Å². The Morgan fingerprint density at radius 1 is 1.42 bits per heavy atom. The molecule has 24 heavy (non-hydrogen) atoms. The molecule has 2 aromatic rings. The van der Waals surface area contributed by atoms with E-state index in [0.717, 1.165) is 28.9 Å². The fourth-order valence-corrected chi connectivity index (χ4v) is 2.97. The first-order valence-corrected chi connectivity index (χ1v) is 8.23. The number of rotatable bonds is 6. The average Bonchev–Trinajstić information content (AvgIpc) is 3.01. The molecule has 0 fully saturated rings. The Hall–Kier alpha value is -1.89. The van der Waals surface area contributed by atoms with Crippen LogP contribution in [0.2, 0.25) is 5.02 Å². The van der Waals surface area contributed by atoms with E-state index in [-0.39, 0.29) is 12.5 Å². The number of fused-ring (bicyclic) bond motifs is 1. The van der Waals surface area contributed by atoms with Crippen molar-refractivity contribution in [3.05, 3.63) is 40.5 Å². The standard InChI is InChI=1S/C17H20ClN3O3/c1-23-7-8-24-11-16(22)21-6-5-15-14(10-21)17(20-19-15)12-3-2-4-13(18)9-12/h2-4,9H,5-8,10-11H2,1H3,(H,19,20). The number of amides is 1. The Morgan fingerprint density at radius 3 is 3.08 bits per heavy atom. The van der Waals surface area contributed by atoms with E-state index in [1.165, 1.54) is 0 Å². The molecule has 1 aliphatic heterocycles. The van der Waals surface area contributed by atoms with Crippen molar-refractivity contribution in [1.29, 1.82) is 0 Å². The summed E-state index contributed by atoms with van der Waals surface area (Å²) < 4.78 is 10.2. The van der Waals surface area contributed by atoms with Crippen molar-refractivity contribution in [3.63, 3.8) is 0 Å². The summed E-state index contributed by atoms with van der Waals surface area (Å²) in [5.74, 6) is -0.0185. The lowest BCUT2D eigenvalue weighted by atomic mass is 10.0. The Bertz CT molecular complexity index is 717. The van der Waals surface area contributed by atoms with Crippen LogP contribution in [0.15, 0.2) is 24.3 Å². The zero-order chi connectivity index (χ0) is 16.9. The normalized spacial score (nSPS) is 13.8. The van der Waals surface area contributed by atoms with Crippen molar-refractivity contribution in [3.8, 4) is 11.3 Å². The minimum absolute atomic E-state index is 0.0185. The number of hydrogen-bond acceptors (Lipinski definition) is 4. The van der Waals surface area contributed by atoms with Gasteiger partial charge in [0.2, 0.25) is 5.91 Å². The monoisotopic (exact) mass is 349 g/mol. The molecule has 0 spiro atoms. The van der Waals surface area contributed by atoms with Gasteiger partial charge >= 0.3 is 0 Å². The third-order valence-corrected chi connectivity index (χ3v) is 4.28. The number of H-pyrrole nitrogens is 1. The van der Waals surface area contributed by atoms with E-state index in [9.17, 15) is 4.79 Å². The fraction of sp³-hybridized carbons (Fsp3) is 0.412. The number of ether oxygens (including phenoxy) is 2. The molecule has 0 bridgehead atoms. The van der Waals surface area contributed by atoms with Crippen LogP contribution < -0.4 is 0 Å². The molecule has 0 saturated heterocycles. The number of nitrogens with zero attached hydrogens (tertiary/aromatic N) is 2. The van der Waals surface area contributed by atoms with Crippen LogP contribution in [-0.2, 0) is 27.2 Å². The second-order valence-corrected chi connectivity index (χ2v) is 6.09. The number of carbonyl (C=O) groups is 1. The van der Waals surface area contributed by atoms with Crippen molar-refractivity contribution >= 4 is 17.5 Å². The van der Waals surface area contributed by atoms with Gasteiger partial charge in [0.15, 0.2) is 0 Å². The third kappa shape index (κ3) is 3.77. The van der Waals surface area contributed by atoms with E-state index in [4.69, 9.17) is 21.1 Å². The minimum atomic E-state index is -0.0185.